The first-order valence-electron chi connectivity index (χ1n) is 12.5. The highest BCUT2D eigenvalue weighted by molar-refractivity contribution is 5.91. The lowest BCUT2D eigenvalue weighted by atomic mass is 9.93. The number of ether oxygens (including phenoxy) is 1. The maximum atomic E-state index is 13.8. The largest absolute Gasteiger partial charge is 0.442 e. The Labute approximate surface area is 250 Å². The zero-order valence-electron chi connectivity index (χ0n) is 22.9. The summed E-state index contributed by atoms with van der Waals surface area (Å²) in [6.45, 7) is 0.737. The lowest BCUT2D eigenvalue weighted by molar-refractivity contribution is -0.144. The summed E-state index contributed by atoms with van der Waals surface area (Å²) in [6, 6.07) is 4.17. The number of rotatable bonds is 4. The molecule has 2 heterocycles. The Morgan fingerprint density at radius 1 is 0.891 bits per heavy atom. The van der Waals surface area contributed by atoms with Crippen LogP contribution in [0.3, 0.4) is 0 Å². The molecule has 2 amide bonds. The zero-order chi connectivity index (χ0) is 34.8. The summed E-state index contributed by atoms with van der Waals surface area (Å²) >= 11 is 0. The van der Waals surface area contributed by atoms with Crippen LogP contribution in [-0.4, -0.2) is 36.2 Å². The van der Waals surface area contributed by atoms with Crippen LogP contribution in [0.4, 0.5) is 68.9 Å². The minimum atomic E-state index is -5.15. The van der Waals surface area contributed by atoms with E-state index in [4.69, 9.17) is 10.5 Å². The predicted octanol–water partition coefficient (Wildman–Crippen LogP) is 7.55. The van der Waals surface area contributed by atoms with Crippen molar-refractivity contribution in [2.75, 3.05) is 23.7 Å². The standard InChI is InChI=1S/C19H15F6N3O3.C8H5F6N/c1-10(29)27-8-13-9-28(17(30)31-13)12-5-14(18(20,21)22)16(11-3-2-4-26-7-11)15(6-12)19(23,24)25;9-7(10,11)4-1-5(8(12,13)14)3-6(15)2-4/h2-7,13H,8-9H2,1H3,(H,27,29);1-3H,15H2. The molecule has 2 aromatic carbocycles. The molecular weight excluding hydrogens is 656 g/mol. The van der Waals surface area contributed by atoms with Crippen molar-refractivity contribution in [1.82, 2.24) is 10.3 Å². The maximum absolute atomic E-state index is 13.8. The lowest BCUT2D eigenvalue weighted by Crippen LogP contribution is -2.33. The van der Waals surface area contributed by atoms with Gasteiger partial charge in [-0.05, 0) is 36.4 Å². The van der Waals surface area contributed by atoms with E-state index in [1.807, 2.05) is 0 Å². The van der Waals surface area contributed by atoms with Gasteiger partial charge in [0.2, 0.25) is 5.91 Å². The average Bonchev–Trinajstić information content (AvgIpc) is 3.30. The van der Waals surface area contributed by atoms with E-state index in [1.165, 1.54) is 19.2 Å². The Bertz CT molecular complexity index is 1500. The fourth-order valence-electron chi connectivity index (χ4n) is 4.13. The third-order valence-corrected chi connectivity index (χ3v) is 6.06. The molecule has 0 radical (unpaired) electrons. The average molecular weight is 676 g/mol. The highest BCUT2D eigenvalue weighted by Crippen LogP contribution is 2.47. The number of nitrogen functional groups attached to an aromatic ring is 1. The van der Waals surface area contributed by atoms with Crippen molar-refractivity contribution < 1.29 is 67.0 Å². The summed E-state index contributed by atoms with van der Waals surface area (Å²) in [4.78, 5) is 27.4. The molecule has 0 bridgehead atoms. The van der Waals surface area contributed by atoms with Crippen LogP contribution in [0.5, 0.6) is 0 Å². The number of aromatic nitrogens is 1. The molecule has 19 heteroatoms. The summed E-state index contributed by atoms with van der Waals surface area (Å²) in [5, 5.41) is 2.37. The monoisotopic (exact) mass is 676 g/mol. The fourth-order valence-corrected chi connectivity index (χ4v) is 4.13. The van der Waals surface area contributed by atoms with Crippen LogP contribution >= 0.6 is 0 Å². The first-order chi connectivity index (χ1) is 21.0. The van der Waals surface area contributed by atoms with E-state index in [0.29, 0.717) is 29.2 Å². The predicted molar refractivity (Wildman–Crippen MR) is 137 cm³/mol. The minimum absolute atomic E-state index is 0.0242. The number of halogens is 12. The molecule has 46 heavy (non-hydrogen) atoms. The van der Waals surface area contributed by atoms with Crippen LogP contribution in [0, 0.1) is 0 Å². The van der Waals surface area contributed by atoms with Gasteiger partial charge in [0.15, 0.2) is 0 Å². The number of carbonyl (C=O) groups excluding carboxylic acids is 2. The van der Waals surface area contributed by atoms with Gasteiger partial charge < -0.3 is 15.8 Å². The summed E-state index contributed by atoms with van der Waals surface area (Å²) in [6.07, 6.45) is -19.9. The molecule has 1 aliphatic rings. The highest BCUT2D eigenvalue weighted by Gasteiger charge is 2.44. The highest BCUT2D eigenvalue weighted by atomic mass is 19.4. The molecule has 1 fully saturated rings. The summed E-state index contributed by atoms with van der Waals surface area (Å²) < 4.78 is 160. The number of hydrogen-bond acceptors (Lipinski definition) is 5. The van der Waals surface area contributed by atoms with E-state index >= 15 is 0 Å². The first-order valence-corrected chi connectivity index (χ1v) is 12.5. The van der Waals surface area contributed by atoms with Gasteiger partial charge in [0.25, 0.3) is 0 Å². The maximum Gasteiger partial charge on any atom is 0.417 e. The molecule has 1 aliphatic heterocycles. The second kappa shape index (κ2) is 13.0. The van der Waals surface area contributed by atoms with E-state index in [-0.39, 0.29) is 24.7 Å². The molecule has 0 spiro atoms. The number of anilines is 2. The van der Waals surface area contributed by atoms with Gasteiger partial charge in [0, 0.05) is 41.8 Å². The summed E-state index contributed by atoms with van der Waals surface area (Å²) in [5.74, 6) is -0.436. The van der Waals surface area contributed by atoms with Crippen LogP contribution < -0.4 is 16.0 Å². The number of nitrogens with two attached hydrogens (primary N) is 1. The number of hydrogen-bond donors (Lipinski definition) is 2. The Morgan fingerprint density at radius 2 is 1.41 bits per heavy atom. The molecular formula is C27H20F12N4O3. The van der Waals surface area contributed by atoms with Gasteiger partial charge in [-0.2, -0.15) is 52.7 Å². The van der Waals surface area contributed by atoms with E-state index < -0.39 is 82.0 Å². The molecule has 3 aromatic rings. The third-order valence-electron chi connectivity index (χ3n) is 6.06. The molecule has 250 valence electrons. The van der Waals surface area contributed by atoms with Crippen LogP contribution in [0.25, 0.3) is 11.1 Å². The van der Waals surface area contributed by atoms with Gasteiger partial charge in [-0.3, -0.25) is 14.7 Å². The van der Waals surface area contributed by atoms with Crippen LogP contribution in [0.1, 0.15) is 29.2 Å². The Morgan fingerprint density at radius 3 is 1.83 bits per heavy atom. The Kier molecular flexibility index (Phi) is 10.1. The molecule has 7 nitrogen and oxygen atoms in total. The number of benzene rings is 2. The molecule has 4 rings (SSSR count). The summed E-state index contributed by atoms with van der Waals surface area (Å²) in [5.41, 5.74) is -3.65. The number of nitrogens with one attached hydrogen (secondary N) is 1. The molecule has 3 N–H and O–H groups in total. The van der Waals surface area contributed by atoms with Crippen molar-refractivity contribution in [3.63, 3.8) is 0 Å². The molecule has 0 saturated carbocycles. The number of alkyl halides is 12. The second-order valence-electron chi connectivity index (χ2n) is 9.55. The van der Waals surface area contributed by atoms with E-state index in [9.17, 15) is 62.3 Å². The second-order valence-corrected chi connectivity index (χ2v) is 9.55. The molecule has 1 aromatic heterocycles. The van der Waals surface area contributed by atoms with Gasteiger partial charge in [-0.25, -0.2) is 4.79 Å². The van der Waals surface area contributed by atoms with Crippen molar-refractivity contribution >= 4 is 23.4 Å². The van der Waals surface area contributed by atoms with Crippen LogP contribution in [-0.2, 0) is 34.2 Å². The van der Waals surface area contributed by atoms with Gasteiger partial charge in [-0.15, -0.1) is 0 Å². The van der Waals surface area contributed by atoms with Gasteiger partial charge in [0.05, 0.1) is 35.3 Å². The van der Waals surface area contributed by atoms with Gasteiger partial charge in [0.1, 0.15) is 6.10 Å². The van der Waals surface area contributed by atoms with Crippen LogP contribution in [0.2, 0.25) is 0 Å². The van der Waals surface area contributed by atoms with Gasteiger partial charge in [-0.1, -0.05) is 6.07 Å². The normalized spacial score (nSPS) is 15.6. The van der Waals surface area contributed by atoms with Crippen molar-refractivity contribution in [2.24, 2.45) is 0 Å². The number of nitrogens with zero attached hydrogens (tertiary/aromatic N) is 2. The summed E-state index contributed by atoms with van der Waals surface area (Å²) in [7, 11) is 0. The lowest BCUT2D eigenvalue weighted by Gasteiger charge is -2.23. The van der Waals surface area contributed by atoms with Crippen LogP contribution in [0.15, 0.2) is 54.9 Å². The number of cyclic esters (lactones) is 1. The van der Waals surface area contributed by atoms with E-state index in [2.05, 4.69) is 10.3 Å². The number of carbonyl (C=O) groups is 2. The fraction of sp³-hybridized carbons (Fsp3) is 0.296. The molecule has 0 aliphatic carbocycles. The third kappa shape index (κ3) is 8.94. The Balaban J connectivity index is 0.000000322. The first kappa shape index (κ1) is 35.8. The molecule has 1 unspecified atom stereocenters. The quantitative estimate of drug-likeness (QED) is 0.220. The molecule has 1 saturated heterocycles. The Hall–Kier alpha value is -4.71. The van der Waals surface area contributed by atoms with Crippen molar-refractivity contribution in [2.45, 2.75) is 37.7 Å². The number of amides is 2. The minimum Gasteiger partial charge on any atom is -0.442 e. The smallest absolute Gasteiger partial charge is 0.417 e. The van der Waals surface area contributed by atoms with Crippen molar-refractivity contribution in [3.05, 3.63) is 77.1 Å². The molecule has 1 atom stereocenters. The van der Waals surface area contributed by atoms with E-state index in [0.717, 1.165) is 12.3 Å². The number of pyridine rings is 1. The van der Waals surface area contributed by atoms with Crippen molar-refractivity contribution in [3.8, 4) is 11.1 Å². The SMILES string of the molecule is CC(=O)NCC1CN(c2cc(C(F)(F)F)c(-c3cccnc3)c(C(F)(F)F)c2)C(=O)O1.Nc1cc(C(F)(F)F)cc(C(F)(F)F)c1. The van der Waals surface area contributed by atoms with E-state index in [1.54, 1.807) is 0 Å². The van der Waals surface area contributed by atoms with Crippen molar-refractivity contribution in [1.29, 1.82) is 0 Å². The topological polar surface area (TPSA) is 97.5 Å². The van der Waals surface area contributed by atoms with Gasteiger partial charge >= 0.3 is 30.8 Å². The zero-order valence-corrected chi connectivity index (χ0v) is 22.9.